The van der Waals surface area contributed by atoms with Crippen LogP contribution in [0.1, 0.15) is 18.9 Å². The summed E-state index contributed by atoms with van der Waals surface area (Å²) in [5.74, 6) is 2.33. The van der Waals surface area contributed by atoms with E-state index in [1.165, 1.54) is 33.1 Å². The monoisotopic (exact) mass is 627 g/mol. The summed E-state index contributed by atoms with van der Waals surface area (Å²) >= 11 is 7.48. The minimum atomic E-state index is -0.558. The SMILES string of the molecule is CCC(Sc1nc2cc(OC)c(OC)cc2c(=O)n1CCc1ccc(OC)c(OC)c1)C(=O)Nc1ccc(OC)c(Cl)c1. The Morgan fingerprint density at radius 1 is 0.884 bits per heavy atom. The lowest BCUT2D eigenvalue weighted by Gasteiger charge is -2.19. The van der Waals surface area contributed by atoms with Crippen LogP contribution in [0, 0.1) is 0 Å². The van der Waals surface area contributed by atoms with Crippen molar-refractivity contribution in [1.82, 2.24) is 9.55 Å². The number of halogens is 1. The summed E-state index contributed by atoms with van der Waals surface area (Å²) in [5, 5.41) is 3.51. The van der Waals surface area contributed by atoms with Gasteiger partial charge in [0.15, 0.2) is 28.2 Å². The average molecular weight is 628 g/mol. The Morgan fingerprint density at radius 2 is 1.51 bits per heavy atom. The van der Waals surface area contributed by atoms with Gasteiger partial charge >= 0.3 is 0 Å². The molecule has 0 spiro atoms. The predicted octanol–water partition coefficient (Wildman–Crippen LogP) is 5.85. The zero-order valence-corrected chi connectivity index (χ0v) is 26.4. The number of ether oxygens (including phenoxy) is 5. The van der Waals surface area contributed by atoms with Crippen molar-refractivity contribution in [3.63, 3.8) is 0 Å². The number of hydrogen-bond donors (Lipinski definition) is 1. The molecule has 3 aromatic carbocycles. The Bertz CT molecular complexity index is 1680. The van der Waals surface area contributed by atoms with Crippen LogP contribution in [0.4, 0.5) is 5.69 Å². The molecule has 0 aliphatic heterocycles. The number of methoxy groups -OCH3 is 5. The zero-order valence-electron chi connectivity index (χ0n) is 24.9. The highest BCUT2D eigenvalue weighted by atomic mass is 35.5. The molecule has 0 aliphatic carbocycles. The summed E-state index contributed by atoms with van der Waals surface area (Å²) in [6, 6.07) is 13.9. The predicted molar refractivity (Wildman–Crippen MR) is 169 cm³/mol. The van der Waals surface area contributed by atoms with Crippen molar-refractivity contribution in [2.24, 2.45) is 0 Å². The largest absolute Gasteiger partial charge is 0.495 e. The molecule has 1 atom stereocenters. The van der Waals surface area contributed by atoms with Crippen molar-refractivity contribution in [2.45, 2.75) is 36.7 Å². The van der Waals surface area contributed by atoms with Crippen molar-refractivity contribution in [2.75, 3.05) is 40.9 Å². The third kappa shape index (κ3) is 7.11. The fourth-order valence-electron chi connectivity index (χ4n) is 4.51. The number of nitrogens with one attached hydrogen (secondary N) is 1. The van der Waals surface area contributed by atoms with E-state index in [1.54, 1.807) is 49.1 Å². The van der Waals surface area contributed by atoms with Gasteiger partial charge in [-0.3, -0.25) is 14.2 Å². The standard InChI is InChI=1S/C31H34ClN3O7S/c1-7-28(29(36)33-19-9-11-23(38-2)21(32)15-19)43-31-34-22-17-27(42-6)26(41-5)16-20(22)30(37)35(31)13-12-18-8-10-24(39-3)25(14-18)40-4/h8-11,14-17,28H,7,12-13H2,1-6H3,(H,33,36). The van der Waals surface area contributed by atoms with Crippen LogP contribution in [0.15, 0.2) is 58.5 Å². The van der Waals surface area contributed by atoms with E-state index in [-0.39, 0.29) is 11.5 Å². The smallest absolute Gasteiger partial charge is 0.262 e. The minimum Gasteiger partial charge on any atom is -0.495 e. The molecule has 1 unspecified atom stereocenters. The minimum absolute atomic E-state index is 0.248. The van der Waals surface area contributed by atoms with Gasteiger partial charge in [-0.1, -0.05) is 36.4 Å². The van der Waals surface area contributed by atoms with Crippen molar-refractivity contribution in [3.8, 4) is 28.7 Å². The van der Waals surface area contributed by atoms with E-state index in [0.717, 1.165) is 5.56 Å². The molecule has 1 aromatic heterocycles. The van der Waals surface area contributed by atoms with Crippen LogP contribution in [-0.4, -0.2) is 56.3 Å². The summed E-state index contributed by atoms with van der Waals surface area (Å²) < 4.78 is 28.5. The first-order chi connectivity index (χ1) is 20.8. The maximum Gasteiger partial charge on any atom is 0.262 e. The molecule has 0 saturated carbocycles. The molecule has 1 amide bonds. The van der Waals surface area contributed by atoms with E-state index < -0.39 is 5.25 Å². The van der Waals surface area contributed by atoms with E-state index in [1.807, 2.05) is 25.1 Å². The van der Waals surface area contributed by atoms with Crippen LogP contribution in [0.5, 0.6) is 28.7 Å². The van der Waals surface area contributed by atoms with E-state index in [2.05, 4.69) is 5.32 Å². The molecular formula is C31H34ClN3O7S. The molecule has 0 saturated heterocycles. The average Bonchev–Trinajstić information content (AvgIpc) is 3.02. The van der Waals surface area contributed by atoms with Gasteiger partial charge in [-0.15, -0.1) is 0 Å². The Kier molecular flexibility index (Phi) is 10.7. The first-order valence-electron chi connectivity index (χ1n) is 13.4. The van der Waals surface area contributed by atoms with Gasteiger partial charge < -0.3 is 29.0 Å². The number of carbonyl (C=O) groups excluding carboxylic acids is 1. The number of nitrogens with zero attached hydrogens (tertiary/aromatic N) is 2. The van der Waals surface area contributed by atoms with Gasteiger partial charge in [0.25, 0.3) is 5.56 Å². The first kappa shape index (κ1) is 31.8. The number of amides is 1. The number of hydrogen-bond acceptors (Lipinski definition) is 9. The van der Waals surface area contributed by atoms with Crippen molar-refractivity contribution < 1.29 is 28.5 Å². The molecule has 228 valence electrons. The molecule has 1 heterocycles. The van der Waals surface area contributed by atoms with Crippen LogP contribution in [0.2, 0.25) is 5.02 Å². The number of rotatable bonds is 13. The Hall–Kier alpha value is -4.09. The van der Waals surface area contributed by atoms with Crippen molar-refractivity contribution in [1.29, 1.82) is 0 Å². The third-order valence-corrected chi connectivity index (χ3v) is 8.48. The van der Waals surface area contributed by atoms with Crippen LogP contribution in [0.25, 0.3) is 10.9 Å². The Labute approximate surface area is 259 Å². The lowest BCUT2D eigenvalue weighted by atomic mass is 10.1. The summed E-state index contributed by atoms with van der Waals surface area (Å²) in [4.78, 5) is 32.2. The van der Waals surface area contributed by atoms with Gasteiger partial charge in [-0.05, 0) is 54.8 Å². The highest BCUT2D eigenvalue weighted by molar-refractivity contribution is 8.00. The molecule has 43 heavy (non-hydrogen) atoms. The second kappa shape index (κ2) is 14.4. The summed E-state index contributed by atoms with van der Waals surface area (Å²) in [7, 11) is 7.71. The van der Waals surface area contributed by atoms with Crippen LogP contribution >= 0.6 is 23.4 Å². The van der Waals surface area contributed by atoms with Crippen LogP contribution in [0.3, 0.4) is 0 Å². The molecule has 10 nitrogen and oxygen atoms in total. The number of thioether (sulfide) groups is 1. The Balaban J connectivity index is 1.71. The van der Waals surface area contributed by atoms with Gasteiger partial charge in [0.2, 0.25) is 5.91 Å². The van der Waals surface area contributed by atoms with E-state index in [4.69, 9.17) is 40.3 Å². The fourth-order valence-corrected chi connectivity index (χ4v) is 5.81. The number of aromatic nitrogens is 2. The number of aryl methyl sites for hydroxylation is 1. The molecule has 0 fully saturated rings. The molecule has 4 aromatic rings. The summed E-state index contributed by atoms with van der Waals surface area (Å²) in [6.07, 6.45) is 0.984. The molecule has 12 heteroatoms. The van der Waals surface area contributed by atoms with Gasteiger partial charge in [0.1, 0.15) is 5.75 Å². The van der Waals surface area contributed by atoms with Gasteiger partial charge in [-0.25, -0.2) is 4.98 Å². The van der Waals surface area contributed by atoms with Gasteiger partial charge in [0.05, 0.1) is 56.7 Å². The number of fused-ring (bicyclic) bond motifs is 1. The maximum atomic E-state index is 13.9. The zero-order chi connectivity index (χ0) is 31.1. The Morgan fingerprint density at radius 3 is 2.14 bits per heavy atom. The topological polar surface area (TPSA) is 110 Å². The molecule has 0 radical (unpaired) electrons. The van der Waals surface area contributed by atoms with Crippen LogP contribution in [-0.2, 0) is 17.8 Å². The van der Waals surface area contributed by atoms with E-state index >= 15 is 0 Å². The number of benzene rings is 3. The quantitative estimate of drug-likeness (QED) is 0.144. The van der Waals surface area contributed by atoms with Crippen molar-refractivity contribution in [3.05, 3.63) is 69.5 Å². The highest BCUT2D eigenvalue weighted by Gasteiger charge is 2.23. The highest BCUT2D eigenvalue weighted by Crippen LogP contribution is 2.33. The first-order valence-corrected chi connectivity index (χ1v) is 14.7. The number of carbonyl (C=O) groups is 1. The van der Waals surface area contributed by atoms with E-state index in [9.17, 15) is 9.59 Å². The lowest BCUT2D eigenvalue weighted by molar-refractivity contribution is -0.115. The van der Waals surface area contributed by atoms with Gasteiger partial charge in [-0.2, -0.15) is 0 Å². The van der Waals surface area contributed by atoms with Crippen LogP contribution < -0.4 is 34.6 Å². The second-order valence-electron chi connectivity index (χ2n) is 9.37. The molecule has 0 aliphatic rings. The maximum absolute atomic E-state index is 13.9. The third-order valence-electron chi connectivity index (χ3n) is 6.83. The summed E-state index contributed by atoms with van der Waals surface area (Å²) in [5.41, 5.74) is 1.65. The molecular weight excluding hydrogens is 594 g/mol. The van der Waals surface area contributed by atoms with Crippen molar-refractivity contribution >= 4 is 45.9 Å². The molecule has 4 rings (SSSR count). The molecule has 0 bridgehead atoms. The summed E-state index contributed by atoms with van der Waals surface area (Å²) in [6.45, 7) is 2.21. The fraction of sp³-hybridized carbons (Fsp3) is 0.323. The molecule has 1 N–H and O–H groups in total. The second-order valence-corrected chi connectivity index (χ2v) is 10.9. The normalized spacial score (nSPS) is 11.6. The van der Waals surface area contributed by atoms with E-state index in [0.29, 0.717) is 74.9 Å². The van der Waals surface area contributed by atoms with Gasteiger partial charge in [0, 0.05) is 18.3 Å². The number of anilines is 1. The lowest BCUT2D eigenvalue weighted by Crippen LogP contribution is -2.28.